The molecule has 0 unspecified atom stereocenters. The van der Waals surface area contributed by atoms with Crippen LogP contribution in [0.25, 0.3) is 11.1 Å². The molecule has 0 spiro atoms. The van der Waals surface area contributed by atoms with Gasteiger partial charge in [-0.15, -0.1) is 0 Å². The fourth-order valence-corrected chi connectivity index (χ4v) is 3.23. The van der Waals surface area contributed by atoms with Gasteiger partial charge in [0.15, 0.2) is 5.78 Å². The first-order valence-corrected chi connectivity index (χ1v) is 9.46. The van der Waals surface area contributed by atoms with E-state index in [0.717, 1.165) is 17.2 Å². The topological polar surface area (TPSA) is 42.0 Å². The first-order chi connectivity index (χ1) is 14.5. The molecule has 148 valence electrons. The van der Waals surface area contributed by atoms with E-state index in [9.17, 15) is 13.6 Å². The van der Waals surface area contributed by atoms with Crippen LogP contribution in [0.5, 0.6) is 0 Å². The van der Waals surface area contributed by atoms with E-state index in [1.165, 1.54) is 12.1 Å². The quantitative estimate of drug-likeness (QED) is 0.367. The van der Waals surface area contributed by atoms with Crippen molar-refractivity contribution in [1.29, 1.82) is 0 Å². The molecule has 0 fully saturated rings. The molecule has 0 bridgehead atoms. The minimum Gasteiger partial charge on any atom is -0.353 e. The van der Waals surface area contributed by atoms with Crippen LogP contribution in [0.15, 0.2) is 85.2 Å². The van der Waals surface area contributed by atoms with E-state index >= 15 is 0 Å². The fraction of sp³-hybridized carbons (Fsp3) is 0. The lowest BCUT2D eigenvalue weighted by Gasteiger charge is -2.10. The number of hydrogen-bond donors (Lipinski definition) is 1. The standard InChI is InChI=1S/C24H15ClF2N2O/c25-21-7-3-17(15-9-11-28-12-10-15)13-20(21)24(30)16-1-5-19(6-2-16)29-23-8-4-18(26)14-22(23)27/h1-14,29H. The van der Waals surface area contributed by atoms with E-state index in [4.69, 9.17) is 11.6 Å². The van der Waals surface area contributed by atoms with Crippen molar-refractivity contribution in [3.05, 3.63) is 113 Å². The predicted octanol–water partition coefficient (Wildman–Crippen LogP) is 6.65. The third kappa shape index (κ3) is 4.21. The number of nitrogens with zero attached hydrogens (tertiary/aromatic N) is 1. The maximum Gasteiger partial charge on any atom is 0.194 e. The van der Waals surface area contributed by atoms with Crippen molar-refractivity contribution < 1.29 is 13.6 Å². The Hall–Kier alpha value is -3.57. The lowest BCUT2D eigenvalue weighted by Crippen LogP contribution is -2.03. The maximum absolute atomic E-state index is 13.8. The number of carbonyl (C=O) groups is 1. The first kappa shape index (κ1) is 19.7. The summed E-state index contributed by atoms with van der Waals surface area (Å²) < 4.78 is 26.9. The van der Waals surface area contributed by atoms with Gasteiger partial charge in [-0.05, 0) is 71.8 Å². The summed E-state index contributed by atoms with van der Waals surface area (Å²) in [4.78, 5) is 17.0. The van der Waals surface area contributed by atoms with Gasteiger partial charge in [0, 0.05) is 35.3 Å². The van der Waals surface area contributed by atoms with Crippen molar-refractivity contribution >= 4 is 28.8 Å². The monoisotopic (exact) mass is 420 g/mol. The van der Waals surface area contributed by atoms with Gasteiger partial charge in [-0.3, -0.25) is 9.78 Å². The Morgan fingerprint density at radius 2 is 1.57 bits per heavy atom. The van der Waals surface area contributed by atoms with Crippen LogP contribution in [0.1, 0.15) is 15.9 Å². The number of rotatable bonds is 5. The maximum atomic E-state index is 13.8. The van der Waals surface area contributed by atoms with Crippen molar-refractivity contribution in [1.82, 2.24) is 4.98 Å². The molecule has 3 aromatic carbocycles. The molecule has 1 heterocycles. The van der Waals surface area contributed by atoms with Gasteiger partial charge >= 0.3 is 0 Å². The number of aromatic nitrogens is 1. The van der Waals surface area contributed by atoms with E-state index in [-0.39, 0.29) is 11.5 Å². The second-order valence-electron chi connectivity index (χ2n) is 6.59. The summed E-state index contributed by atoms with van der Waals surface area (Å²) in [5.41, 5.74) is 3.31. The second kappa shape index (κ2) is 8.43. The molecule has 0 aliphatic heterocycles. The summed E-state index contributed by atoms with van der Waals surface area (Å²) in [5.74, 6) is -1.57. The Balaban J connectivity index is 1.58. The summed E-state index contributed by atoms with van der Waals surface area (Å²) in [7, 11) is 0. The lowest BCUT2D eigenvalue weighted by atomic mass is 9.98. The molecule has 0 saturated heterocycles. The largest absolute Gasteiger partial charge is 0.353 e. The first-order valence-electron chi connectivity index (χ1n) is 9.08. The molecule has 0 saturated carbocycles. The number of nitrogens with one attached hydrogen (secondary N) is 1. The van der Waals surface area contributed by atoms with Crippen LogP contribution in [0.3, 0.4) is 0 Å². The molecule has 0 radical (unpaired) electrons. The van der Waals surface area contributed by atoms with Crippen molar-refractivity contribution in [2.75, 3.05) is 5.32 Å². The van der Waals surface area contributed by atoms with E-state index in [2.05, 4.69) is 10.3 Å². The second-order valence-corrected chi connectivity index (χ2v) is 6.99. The molecule has 1 N–H and O–H groups in total. The van der Waals surface area contributed by atoms with Gasteiger partial charge in [0.25, 0.3) is 0 Å². The zero-order valence-electron chi connectivity index (χ0n) is 15.6. The Bertz CT molecular complexity index is 1210. The van der Waals surface area contributed by atoms with Crippen LogP contribution < -0.4 is 5.32 Å². The third-order valence-corrected chi connectivity index (χ3v) is 4.91. The van der Waals surface area contributed by atoms with Gasteiger partial charge in [-0.25, -0.2) is 8.78 Å². The molecule has 0 aliphatic rings. The molecular weight excluding hydrogens is 406 g/mol. The highest BCUT2D eigenvalue weighted by molar-refractivity contribution is 6.35. The van der Waals surface area contributed by atoms with Gasteiger partial charge < -0.3 is 5.32 Å². The highest BCUT2D eigenvalue weighted by atomic mass is 35.5. The van der Waals surface area contributed by atoms with Crippen LogP contribution >= 0.6 is 11.6 Å². The number of halogens is 3. The molecule has 30 heavy (non-hydrogen) atoms. The average Bonchev–Trinajstić information content (AvgIpc) is 2.77. The fourth-order valence-electron chi connectivity index (χ4n) is 3.03. The smallest absolute Gasteiger partial charge is 0.194 e. The Morgan fingerprint density at radius 3 is 2.27 bits per heavy atom. The van der Waals surface area contributed by atoms with Crippen LogP contribution in [0, 0.1) is 11.6 Å². The van der Waals surface area contributed by atoms with Crippen LogP contribution in [0.2, 0.25) is 5.02 Å². The summed E-state index contributed by atoms with van der Waals surface area (Å²) in [6.45, 7) is 0. The molecule has 1 aromatic heterocycles. The number of ketones is 1. The molecule has 4 rings (SSSR count). The Kier molecular flexibility index (Phi) is 5.55. The Morgan fingerprint density at radius 1 is 0.833 bits per heavy atom. The van der Waals surface area contributed by atoms with Crippen molar-refractivity contribution in [3.63, 3.8) is 0 Å². The molecule has 4 aromatic rings. The predicted molar refractivity (Wildman–Crippen MR) is 114 cm³/mol. The number of benzene rings is 3. The zero-order valence-corrected chi connectivity index (χ0v) is 16.3. The minimum atomic E-state index is -0.699. The van der Waals surface area contributed by atoms with Crippen LogP contribution in [-0.2, 0) is 0 Å². The van der Waals surface area contributed by atoms with Crippen molar-refractivity contribution in [2.24, 2.45) is 0 Å². The van der Waals surface area contributed by atoms with Gasteiger partial charge in [0.1, 0.15) is 11.6 Å². The zero-order chi connectivity index (χ0) is 21.1. The van der Waals surface area contributed by atoms with Crippen molar-refractivity contribution in [2.45, 2.75) is 0 Å². The SMILES string of the molecule is O=C(c1ccc(Nc2ccc(F)cc2F)cc1)c1cc(-c2ccncc2)ccc1Cl. The summed E-state index contributed by atoms with van der Waals surface area (Å²) in [6.07, 6.45) is 3.36. The summed E-state index contributed by atoms with van der Waals surface area (Å²) >= 11 is 6.28. The average molecular weight is 421 g/mol. The highest BCUT2D eigenvalue weighted by Crippen LogP contribution is 2.28. The van der Waals surface area contributed by atoms with Crippen LogP contribution in [0.4, 0.5) is 20.2 Å². The minimum absolute atomic E-state index is 0.142. The van der Waals surface area contributed by atoms with Crippen LogP contribution in [-0.4, -0.2) is 10.8 Å². The molecule has 6 heteroatoms. The molecule has 0 amide bonds. The molecule has 0 atom stereocenters. The molecular formula is C24H15ClF2N2O. The molecule has 3 nitrogen and oxygen atoms in total. The number of anilines is 2. The normalized spacial score (nSPS) is 10.6. The van der Waals surface area contributed by atoms with E-state index in [1.807, 2.05) is 18.2 Å². The van der Waals surface area contributed by atoms with Gasteiger partial charge in [0.2, 0.25) is 0 Å². The van der Waals surface area contributed by atoms with E-state index in [0.29, 0.717) is 21.8 Å². The van der Waals surface area contributed by atoms with Gasteiger partial charge in [-0.2, -0.15) is 0 Å². The number of pyridine rings is 1. The number of hydrogen-bond acceptors (Lipinski definition) is 3. The van der Waals surface area contributed by atoms with Gasteiger partial charge in [0.05, 0.1) is 10.7 Å². The lowest BCUT2D eigenvalue weighted by molar-refractivity contribution is 0.103. The molecule has 0 aliphatic carbocycles. The Labute approximate surface area is 177 Å². The highest BCUT2D eigenvalue weighted by Gasteiger charge is 2.14. The van der Waals surface area contributed by atoms with E-state index in [1.54, 1.807) is 48.8 Å². The number of carbonyl (C=O) groups excluding carboxylic acids is 1. The summed E-state index contributed by atoms with van der Waals surface area (Å²) in [6, 6.07) is 18.8. The van der Waals surface area contributed by atoms with Gasteiger partial charge in [-0.1, -0.05) is 17.7 Å². The summed E-state index contributed by atoms with van der Waals surface area (Å²) in [5, 5.41) is 3.22. The third-order valence-electron chi connectivity index (χ3n) is 4.58. The van der Waals surface area contributed by atoms with E-state index < -0.39 is 11.6 Å². The van der Waals surface area contributed by atoms with Crippen molar-refractivity contribution in [3.8, 4) is 11.1 Å².